The summed E-state index contributed by atoms with van der Waals surface area (Å²) in [6.45, 7) is 0.784. The first kappa shape index (κ1) is 14.1. The zero-order valence-electron chi connectivity index (χ0n) is 10.1. The van der Waals surface area contributed by atoms with E-state index in [0.29, 0.717) is 23.2 Å². The first-order chi connectivity index (χ1) is 8.80. The Balaban J connectivity index is 2.35. The van der Waals surface area contributed by atoms with Crippen LogP contribution in [0.25, 0.3) is 0 Å². The number of nitrogens with two attached hydrogens (primary N) is 2. The number of carbonyl (C=O) groups excluding carboxylic acids is 1. The summed E-state index contributed by atoms with van der Waals surface area (Å²) in [5.41, 5.74) is 12.3. The first-order valence-electron chi connectivity index (χ1n) is 5.64. The lowest BCUT2D eigenvalue weighted by Crippen LogP contribution is -2.40. The van der Waals surface area contributed by atoms with E-state index in [1.807, 2.05) is 4.90 Å². The van der Waals surface area contributed by atoms with E-state index in [4.69, 9.17) is 11.5 Å². The molecule has 8 heteroatoms. The molecule has 1 aliphatic heterocycles. The summed E-state index contributed by atoms with van der Waals surface area (Å²) in [5.74, 6) is -0.387. The third-order valence-electron chi connectivity index (χ3n) is 3.07. The molecule has 1 saturated heterocycles. The van der Waals surface area contributed by atoms with Gasteiger partial charge < -0.3 is 16.4 Å². The monoisotopic (exact) mass is 347 g/mol. The molecule has 2 rings (SSSR count). The van der Waals surface area contributed by atoms with Crippen LogP contribution in [0.5, 0.6) is 0 Å². The molecule has 1 heterocycles. The third kappa shape index (κ3) is 3.01. The fraction of sp³-hybridized carbons (Fsp3) is 0.364. The molecule has 1 amide bonds. The molecule has 1 fully saturated rings. The summed E-state index contributed by atoms with van der Waals surface area (Å²) in [6.07, 6.45) is 0. The highest BCUT2D eigenvalue weighted by Crippen LogP contribution is 2.31. The van der Waals surface area contributed by atoms with Gasteiger partial charge in [-0.1, -0.05) is 0 Å². The number of primary amides is 1. The van der Waals surface area contributed by atoms with E-state index in [1.54, 1.807) is 12.1 Å². The highest BCUT2D eigenvalue weighted by molar-refractivity contribution is 9.10. The van der Waals surface area contributed by atoms with Crippen LogP contribution in [-0.2, 0) is 9.84 Å². The molecule has 0 radical (unpaired) electrons. The van der Waals surface area contributed by atoms with E-state index in [0.717, 1.165) is 5.69 Å². The van der Waals surface area contributed by atoms with Crippen molar-refractivity contribution in [3.05, 3.63) is 22.2 Å². The Labute approximate surface area is 119 Å². The van der Waals surface area contributed by atoms with Crippen molar-refractivity contribution in [3.8, 4) is 0 Å². The second kappa shape index (κ2) is 5.01. The number of sulfone groups is 1. The zero-order valence-corrected chi connectivity index (χ0v) is 12.5. The minimum atomic E-state index is -2.94. The number of halogens is 1. The Hall–Kier alpha value is -1.28. The molecule has 104 valence electrons. The van der Waals surface area contributed by atoms with Crippen LogP contribution >= 0.6 is 15.9 Å². The van der Waals surface area contributed by atoms with Crippen molar-refractivity contribution in [2.75, 3.05) is 35.2 Å². The van der Waals surface area contributed by atoms with Crippen molar-refractivity contribution < 1.29 is 13.2 Å². The van der Waals surface area contributed by atoms with Crippen LogP contribution in [0.15, 0.2) is 16.6 Å². The molecule has 0 aliphatic carbocycles. The van der Waals surface area contributed by atoms with Gasteiger partial charge in [-0.05, 0) is 28.1 Å². The zero-order chi connectivity index (χ0) is 14.2. The molecule has 1 aromatic carbocycles. The lowest BCUT2D eigenvalue weighted by Gasteiger charge is -2.30. The number of rotatable bonds is 2. The predicted molar refractivity (Wildman–Crippen MR) is 77.9 cm³/mol. The van der Waals surface area contributed by atoms with E-state index in [-0.39, 0.29) is 17.1 Å². The Morgan fingerprint density at radius 3 is 2.37 bits per heavy atom. The number of hydrogen-bond acceptors (Lipinski definition) is 5. The molecular formula is C11H14BrN3O3S. The molecule has 0 bridgehead atoms. The van der Waals surface area contributed by atoms with Gasteiger partial charge in [0.15, 0.2) is 9.84 Å². The van der Waals surface area contributed by atoms with Gasteiger partial charge in [0.2, 0.25) is 0 Å². The topological polar surface area (TPSA) is 106 Å². The normalized spacial score (nSPS) is 18.3. The average molecular weight is 348 g/mol. The van der Waals surface area contributed by atoms with E-state index in [9.17, 15) is 13.2 Å². The summed E-state index contributed by atoms with van der Waals surface area (Å²) in [5, 5.41) is 0. The van der Waals surface area contributed by atoms with E-state index >= 15 is 0 Å². The molecule has 6 nitrogen and oxygen atoms in total. The first-order valence-corrected chi connectivity index (χ1v) is 8.26. The van der Waals surface area contributed by atoms with Gasteiger partial charge in [-0.2, -0.15) is 0 Å². The van der Waals surface area contributed by atoms with Crippen LogP contribution < -0.4 is 16.4 Å². The van der Waals surface area contributed by atoms with Gasteiger partial charge >= 0.3 is 0 Å². The van der Waals surface area contributed by atoms with Gasteiger partial charge in [-0.25, -0.2) is 8.42 Å². The van der Waals surface area contributed by atoms with Crippen LogP contribution in [0.3, 0.4) is 0 Å². The van der Waals surface area contributed by atoms with E-state index in [1.165, 1.54) is 0 Å². The SMILES string of the molecule is NC(=O)c1cc(N2CCS(=O)(=O)CC2)c(Br)cc1N. The summed E-state index contributed by atoms with van der Waals surface area (Å²) < 4.78 is 23.5. The predicted octanol–water partition coefficient (Wildman–Crippen LogP) is 0.365. The van der Waals surface area contributed by atoms with Crippen molar-refractivity contribution in [2.45, 2.75) is 0 Å². The molecule has 4 N–H and O–H groups in total. The standard InChI is InChI=1S/C11H14BrN3O3S/c12-8-6-9(13)7(11(14)16)5-10(8)15-1-3-19(17,18)4-2-15/h5-6H,1-4,13H2,(H2,14,16). The van der Waals surface area contributed by atoms with Crippen LogP contribution in [0.1, 0.15) is 10.4 Å². The minimum absolute atomic E-state index is 0.107. The van der Waals surface area contributed by atoms with Crippen molar-refractivity contribution in [3.63, 3.8) is 0 Å². The number of hydrogen-bond donors (Lipinski definition) is 2. The molecule has 0 saturated carbocycles. The minimum Gasteiger partial charge on any atom is -0.398 e. The molecule has 19 heavy (non-hydrogen) atoms. The smallest absolute Gasteiger partial charge is 0.250 e. The molecule has 0 spiro atoms. The molecule has 1 aliphatic rings. The largest absolute Gasteiger partial charge is 0.398 e. The number of benzene rings is 1. The Morgan fingerprint density at radius 2 is 1.84 bits per heavy atom. The van der Waals surface area contributed by atoms with Crippen LogP contribution in [0, 0.1) is 0 Å². The average Bonchev–Trinajstić information content (AvgIpc) is 2.29. The second-order valence-electron chi connectivity index (χ2n) is 4.39. The van der Waals surface area contributed by atoms with Crippen molar-refractivity contribution in [1.29, 1.82) is 0 Å². The van der Waals surface area contributed by atoms with Crippen LogP contribution in [0.4, 0.5) is 11.4 Å². The number of amides is 1. The number of carbonyl (C=O) groups is 1. The quantitative estimate of drug-likeness (QED) is 0.751. The summed E-state index contributed by atoms with van der Waals surface area (Å²) in [7, 11) is -2.94. The fourth-order valence-electron chi connectivity index (χ4n) is 1.99. The van der Waals surface area contributed by atoms with Gasteiger partial charge in [-0.3, -0.25) is 4.79 Å². The van der Waals surface area contributed by atoms with Crippen molar-refractivity contribution in [1.82, 2.24) is 0 Å². The maximum atomic E-state index is 11.4. The molecule has 0 aromatic heterocycles. The number of nitrogens with zero attached hydrogens (tertiary/aromatic N) is 1. The Kier molecular flexibility index (Phi) is 3.73. The number of anilines is 2. The van der Waals surface area contributed by atoms with Gasteiger partial charge in [0, 0.05) is 23.2 Å². The summed E-state index contributed by atoms with van der Waals surface area (Å²) in [6, 6.07) is 3.21. The third-order valence-corrected chi connectivity index (χ3v) is 5.31. The van der Waals surface area contributed by atoms with Gasteiger partial charge in [-0.15, -0.1) is 0 Å². The molecule has 1 aromatic rings. The van der Waals surface area contributed by atoms with Crippen LogP contribution in [-0.4, -0.2) is 38.9 Å². The van der Waals surface area contributed by atoms with Crippen molar-refractivity contribution >= 4 is 43.0 Å². The second-order valence-corrected chi connectivity index (χ2v) is 7.55. The lowest BCUT2D eigenvalue weighted by atomic mass is 10.1. The lowest BCUT2D eigenvalue weighted by molar-refractivity contribution is 0.100. The Bertz CT molecular complexity index is 616. The van der Waals surface area contributed by atoms with Gasteiger partial charge in [0.25, 0.3) is 5.91 Å². The maximum absolute atomic E-state index is 11.4. The summed E-state index contributed by atoms with van der Waals surface area (Å²) >= 11 is 3.37. The molecule has 0 unspecified atom stereocenters. The number of nitrogen functional groups attached to an aromatic ring is 1. The molecule has 0 atom stereocenters. The maximum Gasteiger partial charge on any atom is 0.250 e. The van der Waals surface area contributed by atoms with E-state index in [2.05, 4.69) is 15.9 Å². The summed E-state index contributed by atoms with van der Waals surface area (Å²) in [4.78, 5) is 13.2. The highest BCUT2D eigenvalue weighted by Gasteiger charge is 2.24. The Morgan fingerprint density at radius 1 is 1.26 bits per heavy atom. The van der Waals surface area contributed by atoms with Crippen molar-refractivity contribution in [2.24, 2.45) is 5.73 Å². The van der Waals surface area contributed by atoms with Crippen LogP contribution in [0.2, 0.25) is 0 Å². The van der Waals surface area contributed by atoms with E-state index < -0.39 is 15.7 Å². The molecular weight excluding hydrogens is 334 g/mol. The fourth-order valence-corrected chi connectivity index (χ4v) is 3.80. The van der Waals surface area contributed by atoms with Gasteiger partial charge in [0.1, 0.15) is 0 Å². The van der Waals surface area contributed by atoms with Gasteiger partial charge in [0.05, 0.1) is 22.8 Å². The highest BCUT2D eigenvalue weighted by atomic mass is 79.9.